The molecular weight excluding hydrogens is 248 g/mol. The van der Waals surface area contributed by atoms with Crippen LogP contribution in [0, 0.1) is 0 Å². The predicted molar refractivity (Wildman–Crippen MR) is 66.6 cm³/mol. The van der Waals surface area contributed by atoms with Crippen LogP contribution in [0.25, 0.3) is 16.8 Å². The molecule has 3 rings (SSSR count). The summed E-state index contributed by atoms with van der Waals surface area (Å²) in [6, 6.07) is 1.53. The van der Waals surface area contributed by atoms with Gasteiger partial charge in [0.2, 0.25) is 5.95 Å². The van der Waals surface area contributed by atoms with Crippen LogP contribution in [0.2, 0.25) is 0 Å². The first kappa shape index (κ1) is 11.2. The van der Waals surface area contributed by atoms with Crippen LogP contribution in [0.3, 0.4) is 0 Å². The largest absolute Gasteiger partial charge is 0.478 e. The van der Waals surface area contributed by atoms with Crippen molar-refractivity contribution in [3.05, 3.63) is 30.2 Å². The molecule has 0 radical (unpaired) electrons. The number of aromatic nitrogens is 5. The molecule has 0 unspecified atom stereocenters. The van der Waals surface area contributed by atoms with E-state index in [9.17, 15) is 9.90 Å². The average Bonchev–Trinajstić information content (AvgIpc) is 2.92. The van der Waals surface area contributed by atoms with Crippen LogP contribution in [0.4, 0.5) is 5.95 Å². The molecule has 0 spiro atoms. The summed E-state index contributed by atoms with van der Waals surface area (Å²) in [6.45, 7) is 0. The summed E-state index contributed by atoms with van der Waals surface area (Å²) >= 11 is 0. The standard InChI is InChI=1S/C11H10N6O2/c1-16-4-7(3-13-16)6-2-8(10(18)19)9-14-11(12)15-17(9)5-6/h2-5H,1H3,(H2,12,15)(H,18,19). The third-order valence-corrected chi connectivity index (χ3v) is 2.72. The number of carboxylic acids is 1. The van der Waals surface area contributed by atoms with Crippen molar-refractivity contribution in [3.63, 3.8) is 0 Å². The normalized spacial score (nSPS) is 11.0. The number of aryl methyl sites for hydroxylation is 1. The lowest BCUT2D eigenvalue weighted by molar-refractivity contribution is 0.0698. The van der Waals surface area contributed by atoms with Gasteiger partial charge < -0.3 is 10.8 Å². The Morgan fingerprint density at radius 1 is 1.37 bits per heavy atom. The zero-order valence-electron chi connectivity index (χ0n) is 9.98. The Kier molecular flexibility index (Phi) is 2.24. The fraction of sp³-hybridized carbons (Fsp3) is 0.0909. The second kappa shape index (κ2) is 3.80. The van der Waals surface area contributed by atoms with Crippen LogP contribution < -0.4 is 5.73 Å². The summed E-state index contributed by atoms with van der Waals surface area (Å²) in [7, 11) is 1.79. The topological polar surface area (TPSA) is 111 Å². The number of fused-ring (bicyclic) bond motifs is 1. The van der Waals surface area contributed by atoms with E-state index in [4.69, 9.17) is 5.73 Å². The number of hydrogen-bond donors (Lipinski definition) is 2. The number of anilines is 1. The molecule has 0 aliphatic carbocycles. The smallest absolute Gasteiger partial charge is 0.339 e. The number of carboxylic acid groups (broad SMARTS) is 1. The van der Waals surface area contributed by atoms with Gasteiger partial charge in [-0.05, 0) is 6.07 Å². The molecule has 8 heteroatoms. The van der Waals surface area contributed by atoms with Gasteiger partial charge in [0.15, 0.2) is 5.65 Å². The summed E-state index contributed by atoms with van der Waals surface area (Å²) < 4.78 is 3.00. The van der Waals surface area contributed by atoms with Gasteiger partial charge in [-0.1, -0.05) is 0 Å². The van der Waals surface area contributed by atoms with E-state index in [0.29, 0.717) is 5.56 Å². The number of nitrogens with two attached hydrogens (primary N) is 1. The van der Waals surface area contributed by atoms with Gasteiger partial charge in [0, 0.05) is 30.6 Å². The molecule has 8 nitrogen and oxygen atoms in total. The van der Waals surface area contributed by atoms with Crippen LogP contribution in [0.15, 0.2) is 24.7 Å². The lowest BCUT2D eigenvalue weighted by Crippen LogP contribution is -2.02. The minimum absolute atomic E-state index is 0.0332. The van der Waals surface area contributed by atoms with Crippen molar-refractivity contribution in [2.75, 3.05) is 5.73 Å². The third-order valence-electron chi connectivity index (χ3n) is 2.72. The highest BCUT2D eigenvalue weighted by atomic mass is 16.4. The molecule has 0 fully saturated rings. The Labute approximate surface area is 107 Å². The Hall–Kier alpha value is -2.90. The first-order valence-corrected chi connectivity index (χ1v) is 5.43. The SMILES string of the molecule is Cn1cc(-c2cc(C(=O)O)c3nc(N)nn3c2)cn1. The Morgan fingerprint density at radius 3 is 2.79 bits per heavy atom. The van der Waals surface area contributed by atoms with Crippen molar-refractivity contribution in [3.8, 4) is 11.1 Å². The van der Waals surface area contributed by atoms with Gasteiger partial charge >= 0.3 is 5.97 Å². The molecule has 0 aromatic carbocycles. The lowest BCUT2D eigenvalue weighted by Gasteiger charge is -2.02. The highest BCUT2D eigenvalue weighted by Crippen LogP contribution is 2.22. The van der Waals surface area contributed by atoms with E-state index in [0.717, 1.165) is 5.56 Å². The minimum atomic E-state index is -1.08. The summed E-state index contributed by atoms with van der Waals surface area (Å²) in [5, 5.41) is 17.2. The Balaban J connectivity index is 2.29. The quantitative estimate of drug-likeness (QED) is 0.688. The van der Waals surface area contributed by atoms with Gasteiger partial charge in [-0.15, -0.1) is 5.10 Å². The van der Waals surface area contributed by atoms with Gasteiger partial charge in [-0.2, -0.15) is 10.1 Å². The molecule has 0 atom stereocenters. The predicted octanol–water partition coefficient (Wildman–Crippen LogP) is 0.410. The number of hydrogen-bond acceptors (Lipinski definition) is 5. The van der Waals surface area contributed by atoms with Gasteiger partial charge in [0.1, 0.15) is 5.56 Å². The number of nitrogen functional groups attached to an aromatic ring is 1. The number of carbonyl (C=O) groups is 1. The van der Waals surface area contributed by atoms with Gasteiger partial charge in [0.25, 0.3) is 0 Å². The molecule has 96 valence electrons. The molecule has 0 amide bonds. The molecule has 0 saturated carbocycles. The number of pyridine rings is 1. The van der Waals surface area contributed by atoms with E-state index in [-0.39, 0.29) is 17.2 Å². The van der Waals surface area contributed by atoms with E-state index in [2.05, 4.69) is 15.2 Å². The number of nitrogens with zero attached hydrogens (tertiary/aromatic N) is 5. The summed E-state index contributed by atoms with van der Waals surface area (Å²) in [5.41, 5.74) is 7.24. The maximum atomic E-state index is 11.3. The van der Waals surface area contributed by atoms with E-state index >= 15 is 0 Å². The fourth-order valence-corrected chi connectivity index (χ4v) is 1.89. The monoisotopic (exact) mass is 258 g/mol. The minimum Gasteiger partial charge on any atom is -0.478 e. The molecule has 0 bridgehead atoms. The van der Waals surface area contributed by atoms with Crippen molar-refractivity contribution in [1.82, 2.24) is 24.4 Å². The maximum Gasteiger partial charge on any atom is 0.339 e. The maximum absolute atomic E-state index is 11.3. The molecule has 3 aromatic heterocycles. The van der Waals surface area contributed by atoms with Gasteiger partial charge in [-0.25, -0.2) is 9.31 Å². The van der Waals surface area contributed by atoms with Gasteiger partial charge in [-0.3, -0.25) is 4.68 Å². The van der Waals surface area contributed by atoms with Crippen LogP contribution in [0.5, 0.6) is 0 Å². The average molecular weight is 258 g/mol. The summed E-state index contributed by atoms with van der Waals surface area (Å²) in [6.07, 6.45) is 5.10. The fourth-order valence-electron chi connectivity index (χ4n) is 1.89. The second-order valence-electron chi connectivity index (χ2n) is 4.09. The van der Waals surface area contributed by atoms with Crippen LogP contribution in [-0.4, -0.2) is 35.5 Å². The highest BCUT2D eigenvalue weighted by Gasteiger charge is 2.15. The third kappa shape index (κ3) is 1.79. The zero-order chi connectivity index (χ0) is 13.6. The number of rotatable bonds is 2. The van der Waals surface area contributed by atoms with Gasteiger partial charge in [0.05, 0.1) is 6.20 Å². The highest BCUT2D eigenvalue weighted by molar-refractivity contribution is 5.96. The summed E-state index contributed by atoms with van der Waals surface area (Å²) in [4.78, 5) is 15.2. The number of aromatic carboxylic acids is 1. The molecule has 0 aliphatic heterocycles. The van der Waals surface area contributed by atoms with Crippen LogP contribution in [-0.2, 0) is 7.05 Å². The zero-order valence-corrected chi connectivity index (χ0v) is 9.98. The first-order chi connectivity index (χ1) is 9.04. The van der Waals surface area contributed by atoms with Crippen molar-refractivity contribution < 1.29 is 9.90 Å². The lowest BCUT2D eigenvalue weighted by atomic mass is 10.1. The first-order valence-electron chi connectivity index (χ1n) is 5.43. The Bertz CT molecular complexity index is 788. The van der Waals surface area contributed by atoms with Crippen LogP contribution >= 0.6 is 0 Å². The van der Waals surface area contributed by atoms with E-state index in [1.807, 2.05) is 0 Å². The molecule has 19 heavy (non-hydrogen) atoms. The summed E-state index contributed by atoms with van der Waals surface area (Å²) in [5.74, 6) is -1.05. The van der Waals surface area contributed by atoms with Crippen molar-refractivity contribution in [2.24, 2.45) is 7.05 Å². The van der Waals surface area contributed by atoms with E-state index in [1.54, 1.807) is 30.3 Å². The van der Waals surface area contributed by atoms with Crippen molar-refractivity contribution in [2.45, 2.75) is 0 Å². The molecule has 3 N–H and O–H groups in total. The van der Waals surface area contributed by atoms with Crippen molar-refractivity contribution in [1.29, 1.82) is 0 Å². The van der Waals surface area contributed by atoms with E-state index < -0.39 is 5.97 Å². The van der Waals surface area contributed by atoms with E-state index in [1.165, 1.54) is 10.6 Å². The van der Waals surface area contributed by atoms with Crippen molar-refractivity contribution >= 4 is 17.6 Å². The molecule has 0 saturated heterocycles. The molecular formula is C11H10N6O2. The molecule has 3 heterocycles. The second-order valence-corrected chi connectivity index (χ2v) is 4.09. The molecule has 0 aliphatic rings. The van der Waals surface area contributed by atoms with Crippen LogP contribution in [0.1, 0.15) is 10.4 Å². The molecule has 3 aromatic rings. The Morgan fingerprint density at radius 2 is 2.16 bits per heavy atom.